The fourth-order valence-electron chi connectivity index (χ4n) is 3.70. The second-order valence-corrected chi connectivity index (χ2v) is 8.56. The highest BCUT2D eigenvalue weighted by atomic mass is 32.1. The van der Waals surface area contributed by atoms with Crippen LogP contribution in [0.15, 0.2) is 41.8 Å². The molecule has 0 spiro atoms. The van der Waals surface area contributed by atoms with E-state index in [-0.39, 0.29) is 17.9 Å². The third-order valence-corrected chi connectivity index (χ3v) is 6.15. The van der Waals surface area contributed by atoms with Crippen molar-refractivity contribution in [1.82, 2.24) is 14.7 Å². The standard InChI is InChI=1S/C22H29N3O3S/c1-23(2)22(27)24-12-10-17(11-13-24)21(26)25(16-19-8-6-14-29-19)15-18-7-4-5-9-20(18)28-3/h4-9,14,17H,10-13,15-16H2,1-3H3. The second kappa shape index (κ2) is 9.78. The summed E-state index contributed by atoms with van der Waals surface area (Å²) in [5.41, 5.74) is 1.00. The van der Waals surface area contributed by atoms with Crippen molar-refractivity contribution in [2.24, 2.45) is 5.92 Å². The molecule has 7 heteroatoms. The van der Waals surface area contributed by atoms with Crippen LogP contribution in [0.3, 0.4) is 0 Å². The molecule has 1 aliphatic heterocycles. The predicted octanol–water partition coefficient (Wildman–Crippen LogP) is 3.68. The molecule has 2 heterocycles. The summed E-state index contributed by atoms with van der Waals surface area (Å²) >= 11 is 1.66. The molecule has 1 saturated heterocycles. The minimum atomic E-state index is -0.0594. The Hall–Kier alpha value is -2.54. The maximum Gasteiger partial charge on any atom is 0.319 e. The van der Waals surface area contributed by atoms with Gasteiger partial charge >= 0.3 is 6.03 Å². The molecule has 1 aromatic carbocycles. The average Bonchev–Trinajstić information content (AvgIpc) is 3.26. The first-order valence-electron chi connectivity index (χ1n) is 9.89. The Morgan fingerprint density at radius 3 is 2.45 bits per heavy atom. The average molecular weight is 416 g/mol. The number of hydrogen-bond donors (Lipinski definition) is 0. The van der Waals surface area contributed by atoms with Crippen molar-refractivity contribution in [2.45, 2.75) is 25.9 Å². The van der Waals surface area contributed by atoms with Crippen LogP contribution in [-0.4, -0.2) is 60.9 Å². The summed E-state index contributed by atoms with van der Waals surface area (Å²) in [5.74, 6) is 0.889. The number of piperidine rings is 1. The normalized spacial score (nSPS) is 14.5. The molecule has 1 fully saturated rings. The van der Waals surface area contributed by atoms with Crippen molar-refractivity contribution in [2.75, 3.05) is 34.3 Å². The number of methoxy groups -OCH3 is 1. The Bertz CT molecular complexity index is 814. The van der Waals surface area contributed by atoms with Gasteiger partial charge < -0.3 is 19.4 Å². The highest BCUT2D eigenvalue weighted by Crippen LogP contribution is 2.26. The molecule has 0 N–H and O–H groups in total. The Labute approximate surface area is 176 Å². The molecule has 1 aliphatic rings. The number of para-hydroxylation sites is 1. The van der Waals surface area contributed by atoms with Crippen molar-refractivity contribution in [3.8, 4) is 5.75 Å². The van der Waals surface area contributed by atoms with Crippen LogP contribution < -0.4 is 4.74 Å². The lowest BCUT2D eigenvalue weighted by molar-refractivity contribution is -0.138. The number of likely N-dealkylation sites (tertiary alicyclic amines) is 1. The van der Waals surface area contributed by atoms with Crippen LogP contribution in [-0.2, 0) is 17.9 Å². The lowest BCUT2D eigenvalue weighted by atomic mass is 9.95. The number of nitrogens with zero attached hydrogens (tertiary/aromatic N) is 3. The SMILES string of the molecule is COc1ccccc1CN(Cc1cccs1)C(=O)C1CCN(C(=O)N(C)C)CC1. The van der Waals surface area contributed by atoms with Gasteiger partial charge in [-0.3, -0.25) is 4.79 Å². The number of carbonyl (C=O) groups excluding carboxylic acids is 2. The number of carbonyl (C=O) groups is 2. The molecular formula is C22H29N3O3S. The summed E-state index contributed by atoms with van der Waals surface area (Å²) < 4.78 is 5.49. The number of thiophene rings is 1. The van der Waals surface area contributed by atoms with Gasteiger partial charge in [0.25, 0.3) is 0 Å². The molecule has 29 heavy (non-hydrogen) atoms. The smallest absolute Gasteiger partial charge is 0.319 e. The zero-order chi connectivity index (χ0) is 20.8. The summed E-state index contributed by atoms with van der Waals surface area (Å²) in [6.45, 7) is 2.34. The van der Waals surface area contributed by atoms with Crippen molar-refractivity contribution in [3.05, 3.63) is 52.2 Å². The van der Waals surface area contributed by atoms with Gasteiger partial charge in [0.1, 0.15) is 5.75 Å². The molecule has 3 amide bonds. The predicted molar refractivity (Wildman–Crippen MR) is 115 cm³/mol. The molecule has 0 aliphatic carbocycles. The van der Waals surface area contributed by atoms with E-state index in [1.165, 1.54) is 0 Å². The van der Waals surface area contributed by atoms with Gasteiger partial charge in [0, 0.05) is 50.1 Å². The van der Waals surface area contributed by atoms with Gasteiger partial charge in [-0.25, -0.2) is 4.79 Å². The number of ether oxygens (including phenoxy) is 1. The first-order valence-corrected chi connectivity index (χ1v) is 10.8. The molecule has 0 atom stereocenters. The number of hydrogen-bond acceptors (Lipinski definition) is 4. The van der Waals surface area contributed by atoms with E-state index < -0.39 is 0 Å². The van der Waals surface area contributed by atoms with Gasteiger partial charge in [0.05, 0.1) is 13.7 Å². The van der Waals surface area contributed by atoms with E-state index in [9.17, 15) is 9.59 Å². The van der Waals surface area contributed by atoms with Crippen molar-refractivity contribution >= 4 is 23.3 Å². The molecular weight excluding hydrogens is 386 g/mol. The van der Waals surface area contributed by atoms with Crippen LogP contribution in [0.2, 0.25) is 0 Å². The Kier molecular flexibility index (Phi) is 7.14. The van der Waals surface area contributed by atoms with Crippen LogP contribution in [0.25, 0.3) is 0 Å². The largest absolute Gasteiger partial charge is 0.496 e. The molecule has 1 aromatic heterocycles. The molecule has 6 nitrogen and oxygen atoms in total. The molecule has 0 unspecified atom stereocenters. The van der Waals surface area contributed by atoms with Crippen molar-refractivity contribution in [1.29, 1.82) is 0 Å². The van der Waals surface area contributed by atoms with Crippen molar-refractivity contribution < 1.29 is 14.3 Å². The summed E-state index contributed by atoms with van der Waals surface area (Å²) in [7, 11) is 5.17. The van der Waals surface area contributed by atoms with Crippen LogP contribution >= 0.6 is 11.3 Å². The van der Waals surface area contributed by atoms with E-state index in [1.54, 1.807) is 37.4 Å². The number of urea groups is 1. The first kappa shape index (κ1) is 21.2. The van der Waals surface area contributed by atoms with Crippen LogP contribution in [0.4, 0.5) is 4.79 Å². The second-order valence-electron chi connectivity index (χ2n) is 7.52. The first-order chi connectivity index (χ1) is 14.0. The number of rotatable bonds is 6. The topological polar surface area (TPSA) is 53.1 Å². The molecule has 2 aromatic rings. The highest BCUT2D eigenvalue weighted by molar-refractivity contribution is 7.09. The Morgan fingerprint density at radius 2 is 1.83 bits per heavy atom. The summed E-state index contributed by atoms with van der Waals surface area (Å²) in [5, 5.41) is 2.03. The zero-order valence-electron chi connectivity index (χ0n) is 17.3. The minimum absolute atomic E-state index is 0.0142. The Balaban J connectivity index is 1.72. The fourth-order valence-corrected chi connectivity index (χ4v) is 4.42. The van der Waals surface area contributed by atoms with Gasteiger partial charge in [-0.15, -0.1) is 11.3 Å². The van der Waals surface area contributed by atoms with Crippen molar-refractivity contribution in [3.63, 3.8) is 0 Å². The molecule has 3 rings (SSSR count). The van der Waals surface area contributed by atoms with Crippen LogP contribution in [0, 0.1) is 5.92 Å². The van der Waals surface area contributed by atoms with E-state index in [0.29, 0.717) is 39.0 Å². The van der Waals surface area contributed by atoms with E-state index in [0.717, 1.165) is 16.2 Å². The maximum absolute atomic E-state index is 13.4. The van der Waals surface area contributed by atoms with Gasteiger partial charge in [0.15, 0.2) is 0 Å². The third kappa shape index (κ3) is 5.29. The summed E-state index contributed by atoms with van der Waals surface area (Å²) in [6, 6.07) is 11.9. The lowest BCUT2D eigenvalue weighted by Gasteiger charge is -2.35. The monoisotopic (exact) mass is 415 g/mol. The zero-order valence-corrected chi connectivity index (χ0v) is 18.2. The maximum atomic E-state index is 13.4. The summed E-state index contributed by atoms with van der Waals surface area (Å²) in [6.07, 6.45) is 1.40. The van der Waals surface area contributed by atoms with Gasteiger partial charge in [0.2, 0.25) is 5.91 Å². The molecule has 0 radical (unpaired) electrons. The van der Waals surface area contributed by atoms with E-state index in [2.05, 4.69) is 6.07 Å². The van der Waals surface area contributed by atoms with E-state index >= 15 is 0 Å². The quantitative estimate of drug-likeness (QED) is 0.723. The highest BCUT2D eigenvalue weighted by Gasteiger charge is 2.31. The third-order valence-electron chi connectivity index (χ3n) is 5.29. The summed E-state index contributed by atoms with van der Waals surface area (Å²) in [4.78, 5) is 32.1. The van der Waals surface area contributed by atoms with Gasteiger partial charge in [-0.2, -0.15) is 0 Å². The lowest BCUT2D eigenvalue weighted by Crippen LogP contribution is -2.47. The molecule has 0 saturated carbocycles. The number of amides is 3. The minimum Gasteiger partial charge on any atom is -0.496 e. The number of benzene rings is 1. The molecule has 0 bridgehead atoms. The van der Waals surface area contributed by atoms with E-state index in [1.807, 2.05) is 45.5 Å². The molecule has 156 valence electrons. The van der Waals surface area contributed by atoms with Crippen LogP contribution in [0.5, 0.6) is 5.75 Å². The van der Waals surface area contributed by atoms with Gasteiger partial charge in [-0.1, -0.05) is 24.3 Å². The fraction of sp³-hybridized carbons (Fsp3) is 0.455. The Morgan fingerprint density at radius 1 is 1.10 bits per heavy atom. The van der Waals surface area contributed by atoms with Crippen LogP contribution in [0.1, 0.15) is 23.3 Å². The van der Waals surface area contributed by atoms with Gasteiger partial charge in [-0.05, 0) is 30.4 Å². The van der Waals surface area contributed by atoms with E-state index in [4.69, 9.17) is 4.74 Å².